The summed E-state index contributed by atoms with van der Waals surface area (Å²) in [7, 11) is 0. The van der Waals surface area contributed by atoms with Crippen molar-refractivity contribution in [2.24, 2.45) is 11.7 Å². The van der Waals surface area contributed by atoms with E-state index in [1.54, 1.807) is 0 Å². The maximum absolute atomic E-state index is 13.1. The molecule has 0 radical (unpaired) electrons. The molecule has 0 aliphatic heterocycles. The van der Waals surface area contributed by atoms with Crippen molar-refractivity contribution in [2.75, 3.05) is 5.32 Å². The summed E-state index contributed by atoms with van der Waals surface area (Å²) in [6, 6.07) is 20.7. The molecular weight excluding hydrogens is 536 g/mol. The molecule has 2 aromatic carbocycles. The molecule has 2 aliphatic carbocycles. The molecule has 2 amide bonds. The zero-order valence-corrected chi connectivity index (χ0v) is 26.0. The van der Waals surface area contributed by atoms with Gasteiger partial charge < -0.3 is 21.1 Å². The van der Waals surface area contributed by atoms with Crippen LogP contribution < -0.4 is 11.1 Å². The summed E-state index contributed by atoms with van der Waals surface area (Å²) in [5, 5.41) is 13.3. The van der Waals surface area contributed by atoms with Gasteiger partial charge in [-0.15, -0.1) is 0 Å². The number of aromatic nitrogens is 1. The number of carbonyl (C=O) groups excluding carboxylic acids is 2. The summed E-state index contributed by atoms with van der Waals surface area (Å²) in [4.78, 5) is 32.3. The van der Waals surface area contributed by atoms with Gasteiger partial charge in [-0.1, -0.05) is 61.5 Å². The number of anilines is 1. The first-order valence-corrected chi connectivity index (χ1v) is 15.8. The van der Waals surface area contributed by atoms with E-state index in [2.05, 4.69) is 48.4 Å². The van der Waals surface area contributed by atoms with Crippen molar-refractivity contribution in [3.63, 3.8) is 0 Å². The van der Waals surface area contributed by atoms with Crippen LogP contribution in [0.1, 0.15) is 84.6 Å². The molecule has 2 fully saturated rings. The lowest BCUT2D eigenvalue weighted by molar-refractivity contribution is -0.136. The van der Waals surface area contributed by atoms with Crippen molar-refractivity contribution in [3.8, 4) is 22.3 Å². The molecule has 4 N–H and O–H groups in total. The van der Waals surface area contributed by atoms with E-state index >= 15 is 0 Å². The van der Waals surface area contributed by atoms with Gasteiger partial charge in [-0.3, -0.25) is 9.59 Å². The second kappa shape index (κ2) is 12.6. The summed E-state index contributed by atoms with van der Waals surface area (Å²) in [6.45, 7) is 7.92. The van der Waals surface area contributed by atoms with Gasteiger partial charge in [0.1, 0.15) is 5.82 Å². The lowest BCUT2D eigenvalue weighted by atomic mass is 9.63. The maximum Gasteiger partial charge on any atom is 0.225 e. The van der Waals surface area contributed by atoms with E-state index in [1.165, 1.54) is 0 Å². The molecule has 0 spiro atoms. The van der Waals surface area contributed by atoms with Crippen LogP contribution >= 0.6 is 0 Å². The third-order valence-electron chi connectivity index (χ3n) is 9.25. The number of carbonyl (C=O) groups is 2. The molecule has 1 heterocycles. The Labute approximate surface area is 255 Å². The van der Waals surface area contributed by atoms with E-state index < -0.39 is 11.1 Å². The number of nitrogens with zero attached hydrogens (tertiary/aromatic N) is 2. The van der Waals surface area contributed by atoms with Crippen LogP contribution in [0.15, 0.2) is 66.9 Å². The lowest BCUT2D eigenvalue weighted by Crippen LogP contribution is -2.58. The lowest BCUT2D eigenvalue weighted by Gasteiger charge is -2.49. The van der Waals surface area contributed by atoms with Crippen molar-refractivity contribution in [2.45, 2.75) is 102 Å². The molecule has 5 rings (SSSR count). The van der Waals surface area contributed by atoms with Gasteiger partial charge in [0.25, 0.3) is 0 Å². The second-order valence-corrected chi connectivity index (χ2v) is 13.2. The minimum Gasteiger partial charge on any atom is -0.390 e. The standard InChI is InChI=1S/C36H46N4O3/c1-5-34(42)40(24(2)3)29-17-11-25(12-18-29)19-33(41)39-32-20-30(26-9-7-6-8-10-26)31(21-38-32)27-13-15-28(16-14-27)36(37)22-35(4,43)23-36/h6-10,13-16,20-21,24-25,29,43H,5,11-12,17-19,22-23,37H2,1-4H3,(H,38,39,41)/t25-,29-,35-,36-. The van der Waals surface area contributed by atoms with Crippen molar-refractivity contribution < 1.29 is 14.7 Å². The minimum atomic E-state index is -0.707. The number of rotatable bonds is 9. The minimum absolute atomic E-state index is 0.0259. The van der Waals surface area contributed by atoms with Crippen molar-refractivity contribution in [1.82, 2.24) is 9.88 Å². The molecule has 0 bridgehead atoms. The number of hydrogen-bond donors (Lipinski definition) is 3. The Kier molecular flexibility index (Phi) is 9.04. The molecule has 2 saturated carbocycles. The zero-order valence-electron chi connectivity index (χ0n) is 26.0. The highest BCUT2D eigenvalue weighted by atomic mass is 16.3. The van der Waals surface area contributed by atoms with E-state index in [9.17, 15) is 14.7 Å². The average Bonchev–Trinajstić information content (AvgIpc) is 2.97. The number of benzene rings is 2. The van der Waals surface area contributed by atoms with E-state index in [0.29, 0.717) is 37.4 Å². The number of nitrogens with two attached hydrogens (primary N) is 1. The maximum atomic E-state index is 13.1. The second-order valence-electron chi connectivity index (χ2n) is 13.2. The summed E-state index contributed by atoms with van der Waals surface area (Å²) >= 11 is 0. The molecule has 228 valence electrons. The first-order chi connectivity index (χ1) is 20.5. The first kappa shape index (κ1) is 30.9. The largest absolute Gasteiger partial charge is 0.390 e. The van der Waals surface area contributed by atoms with Crippen molar-refractivity contribution in [1.29, 1.82) is 0 Å². The third-order valence-corrected chi connectivity index (χ3v) is 9.25. The number of aliphatic hydroxyl groups is 1. The summed E-state index contributed by atoms with van der Waals surface area (Å²) in [6.07, 6.45) is 7.66. The molecule has 43 heavy (non-hydrogen) atoms. The topological polar surface area (TPSA) is 109 Å². The van der Waals surface area contributed by atoms with E-state index in [1.807, 2.05) is 61.3 Å². The van der Waals surface area contributed by atoms with Gasteiger partial charge in [-0.05, 0) is 93.5 Å². The smallest absolute Gasteiger partial charge is 0.225 e. The van der Waals surface area contributed by atoms with E-state index in [4.69, 9.17) is 5.73 Å². The van der Waals surface area contributed by atoms with E-state index in [-0.39, 0.29) is 23.9 Å². The van der Waals surface area contributed by atoms with Crippen LogP contribution in [0.4, 0.5) is 5.82 Å². The number of amides is 2. The molecule has 0 unspecified atom stereocenters. The highest BCUT2D eigenvalue weighted by molar-refractivity contribution is 5.92. The van der Waals surface area contributed by atoms with Crippen LogP contribution in [0.2, 0.25) is 0 Å². The molecule has 3 aromatic rings. The van der Waals surface area contributed by atoms with Crippen LogP contribution in [-0.2, 0) is 15.1 Å². The molecule has 0 atom stereocenters. The Morgan fingerprint density at radius 2 is 1.63 bits per heavy atom. The van der Waals surface area contributed by atoms with Gasteiger partial charge in [0, 0.05) is 42.2 Å². The Balaban J connectivity index is 1.27. The summed E-state index contributed by atoms with van der Waals surface area (Å²) in [5.74, 6) is 1.03. The fraction of sp³-hybridized carbons (Fsp3) is 0.472. The SMILES string of the molecule is CCC(=O)N(C(C)C)[C@H]1CC[C@H](CC(=O)Nc2cc(-c3ccccc3)c(-c3ccc([C@]4(N)C[C@](C)(O)C4)cc3)cn2)CC1. The highest BCUT2D eigenvalue weighted by Gasteiger charge is 2.49. The molecule has 7 nitrogen and oxygen atoms in total. The van der Waals surface area contributed by atoms with Gasteiger partial charge in [0.15, 0.2) is 0 Å². The van der Waals surface area contributed by atoms with Gasteiger partial charge >= 0.3 is 0 Å². The Hall–Kier alpha value is -3.55. The van der Waals surface area contributed by atoms with Crippen LogP contribution in [0.5, 0.6) is 0 Å². The summed E-state index contributed by atoms with van der Waals surface area (Å²) < 4.78 is 0. The molecule has 2 aliphatic rings. The van der Waals surface area contributed by atoms with Crippen LogP contribution in [0.3, 0.4) is 0 Å². The quantitative estimate of drug-likeness (QED) is 0.262. The average molecular weight is 583 g/mol. The summed E-state index contributed by atoms with van der Waals surface area (Å²) in [5.41, 5.74) is 10.4. The molecule has 7 heteroatoms. The Bertz CT molecular complexity index is 1420. The van der Waals surface area contributed by atoms with Crippen molar-refractivity contribution >= 4 is 17.6 Å². The van der Waals surface area contributed by atoms with Crippen LogP contribution in [0, 0.1) is 5.92 Å². The number of hydrogen-bond acceptors (Lipinski definition) is 5. The number of pyridine rings is 1. The molecule has 0 saturated heterocycles. The monoisotopic (exact) mass is 582 g/mol. The van der Waals surface area contributed by atoms with Crippen LogP contribution in [0.25, 0.3) is 22.3 Å². The molecular formula is C36H46N4O3. The van der Waals surface area contributed by atoms with Gasteiger partial charge in [0.05, 0.1) is 5.60 Å². The Morgan fingerprint density at radius 3 is 2.21 bits per heavy atom. The zero-order chi connectivity index (χ0) is 30.8. The Morgan fingerprint density at radius 1 is 1.00 bits per heavy atom. The first-order valence-electron chi connectivity index (χ1n) is 15.8. The van der Waals surface area contributed by atoms with Crippen LogP contribution in [-0.4, -0.2) is 44.5 Å². The normalized spacial score (nSPS) is 25.2. The van der Waals surface area contributed by atoms with Crippen molar-refractivity contribution in [3.05, 3.63) is 72.4 Å². The van der Waals surface area contributed by atoms with Gasteiger partial charge in [0.2, 0.25) is 11.8 Å². The fourth-order valence-electron chi connectivity index (χ4n) is 7.28. The third kappa shape index (κ3) is 7.00. The number of nitrogens with one attached hydrogen (secondary N) is 1. The fourth-order valence-corrected chi connectivity index (χ4v) is 7.28. The van der Waals surface area contributed by atoms with E-state index in [0.717, 1.165) is 53.5 Å². The van der Waals surface area contributed by atoms with Gasteiger partial charge in [-0.25, -0.2) is 4.98 Å². The predicted molar refractivity (Wildman–Crippen MR) is 172 cm³/mol. The highest BCUT2D eigenvalue weighted by Crippen LogP contribution is 2.46. The van der Waals surface area contributed by atoms with Gasteiger partial charge in [-0.2, -0.15) is 0 Å². The predicted octanol–water partition coefficient (Wildman–Crippen LogP) is 6.65. The molecule has 1 aromatic heterocycles.